The van der Waals surface area contributed by atoms with Gasteiger partial charge in [-0.2, -0.15) is 0 Å². The molecule has 4 nitrogen and oxygen atoms in total. The maximum atomic E-state index is 12.1. The van der Waals surface area contributed by atoms with E-state index in [-0.39, 0.29) is 12.3 Å². The zero-order chi connectivity index (χ0) is 15.2. The number of carbonyl (C=O) groups is 1. The van der Waals surface area contributed by atoms with Gasteiger partial charge >= 0.3 is 0 Å². The van der Waals surface area contributed by atoms with E-state index in [4.69, 9.17) is 9.47 Å². The van der Waals surface area contributed by atoms with Gasteiger partial charge in [0.05, 0.1) is 27.2 Å². The lowest BCUT2D eigenvalue weighted by Gasteiger charge is -2.10. The van der Waals surface area contributed by atoms with Gasteiger partial charge in [0.15, 0.2) is 0 Å². The van der Waals surface area contributed by atoms with Crippen molar-refractivity contribution in [3.63, 3.8) is 0 Å². The highest BCUT2D eigenvalue weighted by molar-refractivity contribution is 7.10. The van der Waals surface area contributed by atoms with Gasteiger partial charge in [0.2, 0.25) is 5.91 Å². The predicted molar refractivity (Wildman–Crippen MR) is 84.2 cm³/mol. The first-order chi connectivity index (χ1) is 10.1. The Bertz CT molecular complexity index is 622. The Morgan fingerprint density at radius 1 is 1.24 bits per heavy atom. The van der Waals surface area contributed by atoms with E-state index in [0.717, 1.165) is 5.56 Å². The van der Waals surface area contributed by atoms with E-state index in [2.05, 4.69) is 11.4 Å². The molecule has 112 valence electrons. The van der Waals surface area contributed by atoms with Gasteiger partial charge in [0.25, 0.3) is 0 Å². The van der Waals surface area contributed by atoms with Crippen molar-refractivity contribution in [2.75, 3.05) is 14.2 Å². The van der Waals surface area contributed by atoms with E-state index in [9.17, 15) is 4.79 Å². The molecule has 1 N–H and O–H groups in total. The fourth-order valence-electron chi connectivity index (χ4n) is 2.02. The Morgan fingerprint density at radius 3 is 2.67 bits per heavy atom. The van der Waals surface area contributed by atoms with Gasteiger partial charge < -0.3 is 14.8 Å². The van der Waals surface area contributed by atoms with E-state index in [1.807, 2.05) is 30.5 Å². The first-order valence-corrected chi connectivity index (χ1v) is 7.52. The van der Waals surface area contributed by atoms with Gasteiger partial charge in [-0.1, -0.05) is 0 Å². The first-order valence-electron chi connectivity index (χ1n) is 6.64. The number of nitrogens with one attached hydrogen (secondary N) is 1. The van der Waals surface area contributed by atoms with Gasteiger partial charge in [-0.25, -0.2) is 0 Å². The zero-order valence-electron chi connectivity index (χ0n) is 12.4. The summed E-state index contributed by atoms with van der Waals surface area (Å²) >= 11 is 1.65. The third-order valence-electron chi connectivity index (χ3n) is 3.25. The number of methoxy groups -OCH3 is 2. The van der Waals surface area contributed by atoms with Crippen LogP contribution in [-0.4, -0.2) is 20.1 Å². The molecule has 2 aromatic rings. The van der Waals surface area contributed by atoms with E-state index in [0.29, 0.717) is 18.0 Å². The third-order valence-corrected chi connectivity index (χ3v) is 4.28. The Hall–Kier alpha value is -2.01. The van der Waals surface area contributed by atoms with Crippen molar-refractivity contribution in [2.24, 2.45) is 0 Å². The fourth-order valence-corrected chi connectivity index (χ4v) is 2.87. The normalized spacial score (nSPS) is 10.2. The van der Waals surface area contributed by atoms with Crippen molar-refractivity contribution >= 4 is 17.2 Å². The Balaban J connectivity index is 2.00. The fraction of sp³-hybridized carbons (Fsp3) is 0.312. The van der Waals surface area contributed by atoms with Crippen molar-refractivity contribution in [2.45, 2.75) is 19.9 Å². The molecule has 0 saturated heterocycles. The molecule has 0 aliphatic carbocycles. The third kappa shape index (κ3) is 3.98. The summed E-state index contributed by atoms with van der Waals surface area (Å²) in [5.41, 5.74) is 2.02. The minimum absolute atomic E-state index is 0.0330. The molecular weight excluding hydrogens is 286 g/mol. The summed E-state index contributed by atoms with van der Waals surface area (Å²) in [6.07, 6.45) is 0.269. The van der Waals surface area contributed by atoms with E-state index >= 15 is 0 Å². The predicted octanol–water partition coefficient (Wildman–Crippen LogP) is 2.93. The monoisotopic (exact) mass is 305 g/mol. The molecule has 21 heavy (non-hydrogen) atoms. The van der Waals surface area contributed by atoms with Crippen LogP contribution in [0.25, 0.3) is 0 Å². The van der Waals surface area contributed by atoms with Gasteiger partial charge in [-0.05, 0) is 42.1 Å². The molecule has 0 bridgehead atoms. The van der Waals surface area contributed by atoms with Crippen LogP contribution in [0.1, 0.15) is 16.0 Å². The number of ether oxygens (including phenoxy) is 2. The van der Waals surface area contributed by atoms with Crippen LogP contribution in [0.5, 0.6) is 11.5 Å². The number of benzene rings is 1. The highest BCUT2D eigenvalue weighted by atomic mass is 32.1. The first kappa shape index (κ1) is 15.4. The Kier molecular flexibility index (Phi) is 5.22. The lowest BCUT2D eigenvalue weighted by Crippen LogP contribution is -2.24. The number of carbonyl (C=O) groups excluding carboxylic acids is 1. The molecular formula is C16H19NO3S. The van der Waals surface area contributed by atoms with Crippen LogP contribution in [0, 0.1) is 6.92 Å². The van der Waals surface area contributed by atoms with Crippen LogP contribution < -0.4 is 14.8 Å². The van der Waals surface area contributed by atoms with E-state index in [1.165, 1.54) is 10.4 Å². The molecule has 1 aromatic heterocycles. The van der Waals surface area contributed by atoms with E-state index < -0.39 is 0 Å². The summed E-state index contributed by atoms with van der Waals surface area (Å²) in [6, 6.07) is 7.51. The molecule has 0 radical (unpaired) electrons. The van der Waals surface area contributed by atoms with Crippen LogP contribution in [0.4, 0.5) is 0 Å². The molecule has 0 spiro atoms. The molecule has 1 amide bonds. The van der Waals surface area contributed by atoms with Crippen LogP contribution in [0.2, 0.25) is 0 Å². The summed E-state index contributed by atoms with van der Waals surface area (Å²) in [5.74, 6) is 1.38. The molecule has 5 heteroatoms. The van der Waals surface area contributed by atoms with Crippen molar-refractivity contribution in [3.05, 3.63) is 45.6 Å². The summed E-state index contributed by atoms with van der Waals surface area (Å²) < 4.78 is 10.5. The summed E-state index contributed by atoms with van der Waals surface area (Å²) in [7, 11) is 3.20. The SMILES string of the molecule is COc1ccc(OC)c(CC(=O)NCc2sccc2C)c1. The van der Waals surface area contributed by atoms with Gasteiger partial charge in [0, 0.05) is 10.4 Å². The quantitative estimate of drug-likeness (QED) is 0.892. The minimum atomic E-state index is -0.0330. The van der Waals surface area contributed by atoms with Crippen LogP contribution >= 0.6 is 11.3 Å². The van der Waals surface area contributed by atoms with Gasteiger partial charge in [-0.15, -0.1) is 11.3 Å². The lowest BCUT2D eigenvalue weighted by atomic mass is 10.1. The van der Waals surface area contributed by atoms with Gasteiger partial charge in [0.1, 0.15) is 11.5 Å². The van der Waals surface area contributed by atoms with Crippen LogP contribution in [-0.2, 0) is 17.8 Å². The molecule has 0 atom stereocenters. The second kappa shape index (κ2) is 7.13. The second-order valence-electron chi connectivity index (χ2n) is 4.66. The van der Waals surface area contributed by atoms with Crippen molar-refractivity contribution in [1.82, 2.24) is 5.32 Å². The number of aryl methyl sites for hydroxylation is 1. The number of rotatable bonds is 6. The molecule has 0 aliphatic heterocycles. The van der Waals surface area contributed by atoms with Crippen LogP contribution in [0.3, 0.4) is 0 Å². The summed E-state index contributed by atoms with van der Waals surface area (Å²) in [4.78, 5) is 13.3. The van der Waals surface area contributed by atoms with Gasteiger partial charge in [-0.3, -0.25) is 4.79 Å². The molecule has 0 saturated carbocycles. The average Bonchev–Trinajstić information content (AvgIpc) is 2.90. The van der Waals surface area contributed by atoms with Crippen molar-refractivity contribution < 1.29 is 14.3 Å². The Labute approximate surface area is 128 Å². The lowest BCUT2D eigenvalue weighted by molar-refractivity contribution is -0.120. The molecule has 0 unspecified atom stereocenters. The number of hydrogen-bond donors (Lipinski definition) is 1. The van der Waals surface area contributed by atoms with Crippen LogP contribution in [0.15, 0.2) is 29.6 Å². The van der Waals surface area contributed by atoms with Crippen molar-refractivity contribution in [1.29, 1.82) is 0 Å². The number of hydrogen-bond acceptors (Lipinski definition) is 4. The molecule has 2 rings (SSSR count). The molecule has 1 heterocycles. The second-order valence-corrected chi connectivity index (χ2v) is 5.66. The number of thiophene rings is 1. The Morgan fingerprint density at radius 2 is 2.05 bits per heavy atom. The highest BCUT2D eigenvalue weighted by Crippen LogP contribution is 2.24. The highest BCUT2D eigenvalue weighted by Gasteiger charge is 2.11. The molecule has 0 fully saturated rings. The maximum Gasteiger partial charge on any atom is 0.224 e. The maximum absolute atomic E-state index is 12.1. The molecule has 1 aromatic carbocycles. The summed E-state index contributed by atoms with van der Waals surface area (Å²) in [5, 5.41) is 4.97. The minimum Gasteiger partial charge on any atom is -0.497 e. The topological polar surface area (TPSA) is 47.6 Å². The standard InChI is InChI=1S/C16H19NO3S/c1-11-6-7-21-15(11)10-17-16(18)9-12-8-13(19-2)4-5-14(12)20-3/h4-8H,9-10H2,1-3H3,(H,17,18). The molecule has 0 aliphatic rings. The van der Waals surface area contributed by atoms with Crippen molar-refractivity contribution in [3.8, 4) is 11.5 Å². The smallest absolute Gasteiger partial charge is 0.224 e. The number of amides is 1. The zero-order valence-corrected chi connectivity index (χ0v) is 13.3. The van der Waals surface area contributed by atoms with E-state index in [1.54, 1.807) is 25.6 Å². The summed E-state index contributed by atoms with van der Waals surface area (Å²) in [6.45, 7) is 2.61. The average molecular weight is 305 g/mol. The largest absolute Gasteiger partial charge is 0.497 e.